The molecular weight excluding hydrogens is 276 g/mol. The van der Waals surface area contributed by atoms with Gasteiger partial charge in [-0.05, 0) is 43.7 Å². The molecule has 5 heteroatoms. The van der Waals surface area contributed by atoms with Crippen LogP contribution in [0.3, 0.4) is 0 Å². The van der Waals surface area contributed by atoms with E-state index in [1.165, 1.54) is 6.08 Å². The Bertz CT molecular complexity index is 378. The van der Waals surface area contributed by atoms with E-state index in [1.807, 2.05) is 13.0 Å². The molecule has 21 heavy (non-hydrogen) atoms. The third-order valence-corrected chi connectivity index (χ3v) is 3.12. The zero-order chi connectivity index (χ0) is 16.1. The first-order valence-corrected chi connectivity index (χ1v) is 7.06. The number of carbonyl (C=O) groups excluding carboxylic acids is 1. The molecule has 1 N–H and O–H groups in total. The summed E-state index contributed by atoms with van der Waals surface area (Å²) >= 11 is 0. The van der Waals surface area contributed by atoms with Crippen molar-refractivity contribution in [1.29, 1.82) is 0 Å². The third kappa shape index (κ3) is 9.96. The average Bonchev–Trinajstić information content (AvgIpc) is 2.45. The standard InChI is InChI=1S/C16H25F2NO2/c1-4-14(7-10-20)12-16(21-3)6-9-19-13(2)11-15(18)5-8-17/h5-6,9-11,14,16,19H,4,7-8,12H2,1-3H3/b9-6+,13-11+,15-5+. The first-order chi connectivity index (χ1) is 10.1. The molecule has 0 fully saturated rings. The molecule has 0 aromatic heterocycles. The highest BCUT2D eigenvalue weighted by Gasteiger charge is 2.12. The topological polar surface area (TPSA) is 38.3 Å². The van der Waals surface area contributed by atoms with Crippen LogP contribution < -0.4 is 5.32 Å². The molecule has 0 radical (unpaired) electrons. The maximum absolute atomic E-state index is 13.0. The smallest absolute Gasteiger partial charge is 0.123 e. The summed E-state index contributed by atoms with van der Waals surface area (Å²) in [5, 5.41) is 2.89. The van der Waals surface area contributed by atoms with Crippen molar-refractivity contribution in [3.8, 4) is 0 Å². The number of allylic oxidation sites excluding steroid dienone is 4. The van der Waals surface area contributed by atoms with Crippen molar-refractivity contribution in [2.75, 3.05) is 13.8 Å². The number of alkyl halides is 1. The van der Waals surface area contributed by atoms with Gasteiger partial charge in [-0.3, -0.25) is 0 Å². The summed E-state index contributed by atoms with van der Waals surface area (Å²) in [5.41, 5.74) is 0.559. The molecule has 0 rings (SSSR count). The molecule has 120 valence electrons. The van der Waals surface area contributed by atoms with Gasteiger partial charge in [-0.2, -0.15) is 0 Å². The molecule has 0 spiro atoms. The predicted molar refractivity (Wildman–Crippen MR) is 81.1 cm³/mol. The van der Waals surface area contributed by atoms with Crippen LogP contribution in [0.5, 0.6) is 0 Å². The fourth-order valence-corrected chi connectivity index (χ4v) is 1.82. The minimum atomic E-state index is -0.827. The Morgan fingerprint density at radius 1 is 1.43 bits per heavy atom. The summed E-state index contributed by atoms with van der Waals surface area (Å²) in [6.07, 6.45) is 8.57. The molecule has 0 aliphatic rings. The maximum Gasteiger partial charge on any atom is 0.123 e. The molecule has 0 aliphatic heterocycles. The highest BCUT2D eigenvalue weighted by molar-refractivity contribution is 5.49. The summed E-state index contributed by atoms with van der Waals surface area (Å²) in [6.45, 7) is 2.89. The quantitative estimate of drug-likeness (QED) is 0.465. The Morgan fingerprint density at radius 2 is 2.14 bits per heavy atom. The van der Waals surface area contributed by atoms with Gasteiger partial charge in [-0.25, -0.2) is 8.78 Å². The second kappa shape index (κ2) is 12.3. The lowest BCUT2D eigenvalue weighted by molar-refractivity contribution is -0.108. The minimum absolute atomic E-state index is 0.110. The van der Waals surface area contributed by atoms with Gasteiger partial charge in [-0.1, -0.05) is 13.3 Å². The molecule has 0 heterocycles. The number of aldehydes is 1. The highest BCUT2D eigenvalue weighted by atomic mass is 19.1. The Hall–Kier alpha value is -1.49. The van der Waals surface area contributed by atoms with Crippen LogP contribution in [0.1, 0.15) is 33.1 Å². The van der Waals surface area contributed by atoms with E-state index >= 15 is 0 Å². The van der Waals surface area contributed by atoms with Crippen molar-refractivity contribution < 1.29 is 18.3 Å². The molecule has 0 aliphatic carbocycles. The zero-order valence-corrected chi connectivity index (χ0v) is 12.9. The van der Waals surface area contributed by atoms with Gasteiger partial charge in [-0.15, -0.1) is 0 Å². The first kappa shape index (κ1) is 19.5. The molecule has 2 unspecified atom stereocenters. The number of methoxy groups -OCH3 is 1. The fourth-order valence-electron chi connectivity index (χ4n) is 1.82. The van der Waals surface area contributed by atoms with Crippen LogP contribution in [-0.2, 0) is 9.53 Å². The lowest BCUT2D eigenvalue weighted by Gasteiger charge is -2.17. The molecule has 0 bridgehead atoms. The van der Waals surface area contributed by atoms with Crippen LogP contribution in [0.15, 0.2) is 36.0 Å². The largest absolute Gasteiger partial charge is 0.377 e. The molecule has 2 atom stereocenters. The zero-order valence-electron chi connectivity index (χ0n) is 12.9. The van der Waals surface area contributed by atoms with Crippen molar-refractivity contribution >= 4 is 6.29 Å². The Balaban J connectivity index is 4.41. The van der Waals surface area contributed by atoms with Gasteiger partial charge in [0.1, 0.15) is 18.8 Å². The van der Waals surface area contributed by atoms with Crippen LogP contribution in [-0.4, -0.2) is 26.2 Å². The highest BCUT2D eigenvalue weighted by Crippen LogP contribution is 2.16. The van der Waals surface area contributed by atoms with Crippen molar-refractivity contribution in [3.05, 3.63) is 36.0 Å². The maximum atomic E-state index is 13.0. The van der Waals surface area contributed by atoms with Crippen LogP contribution in [0.2, 0.25) is 0 Å². The molecule has 0 saturated carbocycles. The van der Waals surface area contributed by atoms with Crippen molar-refractivity contribution in [2.24, 2.45) is 5.92 Å². The van der Waals surface area contributed by atoms with Gasteiger partial charge in [0.2, 0.25) is 0 Å². The average molecular weight is 301 g/mol. The Labute approximate surface area is 125 Å². The van der Waals surface area contributed by atoms with E-state index in [-0.39, 0.29) is 6.10 Å². The number of ether oxygens (including phenoxy) is 1. The molecule has 0 aromatic rings. The van der Waals surface area contributed by atoms with Crippen LogP contribution in [0.25, 0.3) is 0 Å². The summed E-state index contributed by atoms with van der Waals surface area (Å²) in [7, 11) is 1.61. The second-order valence-corrected chi connectivity index (χ2v) is 4.76. The molecule has 0 saturated heterocycles. The normalized spacial score (nSPS) is 16.0. The van der Waals surface area contributed by atoms with Crippen LogP contribution in [0.4, 0.5) is 8.78 Å². The van der Waals surface area contributed by atoms with Crippen molar-refractivity contribution in [3.63, 3.8) is 0 Å². The molecular formula is C16H25F2NO2. The van der Waals surface area contributed by atoms with Gasteiger partial charge in [0, 0.05) is 19.2 Å². The Morgan fingerprint density at radius 3 is 2.67 bits per heavy atom. The number of carbonyl (C=O) groups is 1. The first-order valence-electron chi connectivity index (χ1n) is 7.06. The second-order valence-electron chi connectivity index (χ2n) is 4.76. The van der Waals surface area contributed by atoms with Crippen LogP contribution >= 0.6 is 0 Å². The number of hydrogen-bond acceptors (Lipinski definition) is 3. The summed E-state index contributed by atoms with van der Waals surface area (Å²) in [6, 6.07) is 0. The van der Waals surface area contributed by atoms with E-state index in [0.717, 1.165) is 25.2 Å². The predicted octanol–water partition coefficient (Wildman–Crippen LogP) is 3.84. The van der Waals surface area contributed by atoms with E-state index in [1.54, 1.807) is 20.2 Å². The SMILES string of the molecule is CCC(CC=O)CC(/C=C/N/C(C)=C/C(F)=C\CF)OC. The van der Waals surface area contributed by atoms with E-state index < -0.39 is 12.5 Å². The number of rotatable bonds is 11. The lowest BCUT2D eigenvalue weighted by Crippen LogP contribution is -2.15. The van der Waals surface area contributed by atoms with Crippen molar-refractivity contribution in [1.82, 2.24) is 5.32 Å². The summed E-state index contributed by atoms with van der Waals surface area (Å²) < 4.78 is 30.3. The Kier molecular flexibility index (Phi) is 11.4. The van der Waals surface area contributed by atoms with Gasteiger partial charge in [0.15, 0.2) is 0 Å². The summed E-state index contributed by atoms with van der Waals surface area (Å²) in [4.78, 5) is 10.6. The molecule has 3 nitrogen and oxygen atoms in total. The van der Waals surface area contributed by atoms with Gasteiger partial charge < -0.3 is 14.8 Å². The van der Waals surface area contributed by atoms with E-state index in [4.69, 9.17) is 4.74 Å². The third-order valence-electron chi connectivity index (χ3n) is 3.12. The number of nitrogens with one attached hydrogen (secondary N) is 1. The van der Waals surface area contributed by atoms with E-state index in [2.05, 4.69) is 5.32 Å². The lowest BCUT2D eigenvalue weighted by atomic mass is 9.96. The number of hydrogen-bond donors (Lipinski definition) is 1. The fraction of sp³-hybridized carbons (Fsp3) is 0.562. The molecule has 0 aromatic carbocycles. The minimum Gasteiger partial charge on any atom is -0.377 e. The van der Waals surface area contributed by atoms with Gasteiger partial charge in [0.05, 0.1) is 6.10 Å². The van der Waals surface area contributed by atoms with E-state index in [9.17, 15) is 13.6 Å². The van der Waals surface area contributed by atoms with Gasteiger partial charge >= 0.3 is 0 Å². The monoisotopic (exact) mass is 301 g/mol. The molecule has 0 amide bonds. The number of halogens is 2. The van der Waals surface area contributed by atoms with Crippen molar-refractivity contribution in [2.45, 2.75) is 39.2 Å². The van der Waals surface area contributed by atoms with E-state index in [0.29, 0.717) is 18.0 Å². The summed E-state index contributed by atoms with van der Waals surface area (Å²) in [5.74, 6) is -0.324. The van der Waals surface area contributed by atoms with Gasteiger partial charge in [0.25, 0.3) is 0 Å². The van der Waals surface area contributed by atoms with Crippen LogP contribution in [0, 0.1) is 5.92 Å².